The summed E-state index contributed by atoms with van der Waals surface area (Å²) in [6.45, 7) is 4.26. The summed E-state index contributed by atoms with van der Waals surface area (Å²) in [5, 5.41) is 12.0. The molecule has 0 saturated carbocycles. The van der Waals surface area contributed by atoms with E-state index in [9.17, 15) is 4.79 Å². The van der Waals surface area contributed by atoms with Crippen LogP contribution in [0.4, 0.5) is 0 Å². The normalized spacial score (nSPS) is 11.1. The number of aliphatic hydroxyl groups excluding tert-OH is 1. The molecule has 0 aromatic heterocycles. The molecule has 0 bridgehead atoms. The molecule has 5 heteroatoms. The third-order valence-corrected chi connectivity index (χ3v) is 3.00. The van der Waals surface area contributed by atoms with Gasteiger partial charge in [0.25, 0.3) is 0 Å². The Bertz CT molecular complexity index is 457. The topological polar surface area (TPSA) is 67.8 Å². The molecule has 0 aliphatic rings. The van der Waals surface area contributed by atoms with E-state index in [1.165, 1.54) is 0 Å². The van der Waals surface area contributed by atoms with E-state index in [2.05, 4.69) is 5.32 Å². The smallest absolute Gasteiger partial charge is 0.224 e. The predicted molar refractivity (Wildman–Crippen MR) is 77.1 cm³/mol. The van der Waals surface area contributed by atoms with Crippen LogP contribution in [0.2, 0.25) is 0 Å². The number of nitrogens with one attached hydrogen (secondary N) is 1. The molecule has 0 aliphatic heterocycles. The Labute approximate surface area is 119 Å². The molecule has 0 unspecified atom stereocenters. The summed E-state index contributed by atoms with van der Waals surface area (Å²) in [5.74, 6) is 1.16. The maximum Gasteiger partial charge on any atom is 0.224 e. The van der Waals surface area contributed by atoms with Crippen molar-refractivity contribution in [2.75, 3.05) is 27.4 Å². The van der Waals surface area contributed by atoms with Crippen molar-refractivity contribution < 1.29 is 19.4 Å². The van der Waals surface area contributed by atoms with E-state index in [4.69, 9.17) is 14.6 Å². The number of carbonyl (C=O) groups is 1. The van der Waals surface area contributed by atoms with Gasteiger partial charge in [0.05, 0.1) is 20.6 Å². The number of rotatable bonds is 7. The number of aliphatic hydroxyl groups is 1. The van der Waals surface area contributed by atoms with Gasteiger partial charge in [-0.2, -0.15) is 0 Å². The largest absolute Gasteiger partial charge is 0.493 e. The summed E-state index contributed by atoms with van der Waals surface area (Å²) in [7, 11) is 3.13. The monoisotopic (exact) mass is 281 g/mol. The molecule has 1 amide bonds. The first-order chi connectivity index (χ1) is 9.41. The highest BCUT2D eigenvalue weighted by molar-refractivity contribution is 5.78. The van der Waals surface area contributed by atoms with Gasteiger partial charge in [-0.3, -0.25) is 4.79 Å². The maximum atomic E-state index is 11.9. The molecule has 0 aliphatic carbocycles. The van der Waals surface area contributed by atoms with Gasteiger partial charge in [-0.25, -0.2) is 0 Å². The zero-order chi connectivity index (χ0) is 15.2. The van der Waals surface area contributed by atoms with Gasteiger partial charge >= 0.3 is 0 Å². The SMILES string of the molecule is COc1ccc(CC(=O)NCC(C)(C)CO)cc1OC. The Morgan fingerprint density at radius 2 is 1.90 bits per heavy atom. The van der Waals surface area contributed by atoms with E-state index in [0.29, 0.717) is 18.0 Å². The lowest BCUT2D eigenvalue weighted by Gasteiger charge is -2.21. The van der Waals surface area contributed by atoms with Crippen molar-refractivity contribution in [3.8, 4) is 11.5 Å². The molecular weight excluding hydrogens is 258 g/mol. The van der Waals surface area contributed by atoms with Crippen molar-refractivity contribution in [3.05, 3.63) is 23.8 Å². The molecule has 2 N–H and O–H groups in total. The van der Waals surface area contributed by atoms with Crippen molar-refractivity contribution in [2.24, 2.45) is 5.41 Å². The van der Waals surface area contributed by atoms with Crippen molar-refractivity contribution >= 4 is 5.91 Å². The Morgan fingerprint density at radius 1 is 1.25 bits per heavy atom. The summed E-state index contributed by atoms with van der Waals surface area (Å²) in [4.78, 5) is 11.9. The summed E-state index contributed by atoms with van der Waals surface area (Å²) < 4.78 is 10.3. The van der Waals surface area contributed by atoms with Gasteiger partial charge in [0.1, 0.15) is 0 Å². The standard InChI is InChI=1S/C15H23NO4/c1-15(2,10-17)9-16-14(18)8-11-5-6-12(19-3)13(7-11)20-4/h5-7,17H,8-10H2,1-4H3,(H,16,18). The number of amides is 1. The van der Waals surface area contributed by atoms with Crippen LogP contribution in [0.3, 0.4) is 0 Å². The fraction of sp³-hybridized carbons (Fsp3) is 0.533. The molecule has 0 saturated heterocycles. The summed E-state index contributed by atoms with van der Waals surface area (Å²) in [5.41, 5.74) is 0.537. The number of hydrogen-bond acceptors (Lipinski definition) is 4. The highest BCUT2D eigenvalue weighted by Gasteiger charge is 2.17. The first kappa shape index (κ1) is 16.3. The minimum absolute atomic E-state index is 0.0314. The van der Waals surface area contributed by atoms with E-state index in [1.807, 2.05) is 19.9 Å². The first-order valence-electron chi connectivity index (χ1n) is 6.50. The Balaban J connectivity index is 2.62. The molecule has 0 radical (unpaired) electrons. The van der Waals surface area contributed by atoms with Gasteiger partial charge in [0.2, 0.25) is 5.91 Å². The van der Waals surface area contributed by atoms with Gasteiger partial charge in [-0.1, -0.05) is 19.9 Å². The lowest BCUT2D eigenvalue weighted by atomic mass is 9.95. The molecule has 5 nitrogen and oxygen atoms in total. The van der Waals surface area contributed by atoms with Crippen LogP contribution in [0.25, 0.3) is 0 Å². The first-order valence-corrected chi connectivity index (χ1v) is 6.50. The van der Waals surface area contributed by atoms with E-state index in [-0.39, 0.29) is 24.3 Å². The Morgan fingerprint density at radius 3 is 2.45 bits per heavy atom. The molecule has 0 fully saturated rings. The highest BCUT2D eigenvalue weighted by atomic mass is 16.5. The predicted octanol–water partition coefficient (Wildman–Crippen LogP) is 1.38. The van der Waals surface area contributed by atoms with Crippen LogP contribution in [0.15, 0.2) is 18.2 Å². The minimum Gasteiger partial charge on any atom is -0.493 e. The van der Waals surface area contributed by atoms with Crippen LogP contribution >= 0.6 is 0 Å². The number of methoxy groups -OCH3 is 2. The Hall–Kier alpha value is -1.75. The van der Waals surface area contributed by atoms with Gasteiger partial charge < -0.3 is 19.9 Å². The summed E-state index contributed by atoms with van der Waals surface area (Å²) >= 11 is 0. The molecule has 0 atom stereocenters. The number of carbonyl (C=O) groups excluding carboxylic acids is 1. The molecular formula is C15H23NO4. The number of hydrogen-bond donors (Lipinski definition) is 2. The van der Waals surface area contributed by atoms with Gasteiger partial charge in [0.15, 0.2) is 11.5 Å². The van der Waals surface area contributed by atoms with Crippen LogP contribution in [-0.4, -0.2) is 38.4 Å². The molecule has 1 aromatic carbocycles. The second-order valence-corrected chi connectivity index (χ2v) is 5.47. The minimum atomic E-state index is -0.312. The van der Waals surface area contributed by atoms with Crippen LogP contribution < -0.4 is 14.8 Å². The van der Waals surface area contributed by atoms with Crippen LogP contribution in [0.1, 0.15) is 19.4 Å². The summed E-state index contributed by atoms with van der Waals surface area (Å²) in [6.07, 6.45) is 0.266. The third kappa shape index (κ3) is 4.74. The molecule has 1 aromatic rings. The van der Waals surface area contributed by atoms with Crippen molar-refractivity contribution in [1.82, 2.24) is 5.32 Å². The lowest BCUT2D eigenvalue weighted by molar-refractivity contribution is -0.121. The second kappa shape index (κ2) is 7.14. The van der Waals surface area contributed by atoms with Gasteiger partial charge in [-0.15, -0.1) is 0 Å². The molecule has 1 rings (SSSR count). The van der Waals surface area contributed by atoms with Crippen molar-refractivity contribution in [3.63, 3.8) is 0 Å². The fourth-order valence-corrected chi connectivity index (χ4v) is 1.63. The zero-order valence-electron chi connectivity index (χ0n) is 12.5. The average molecular weight is 281 g/mol. The van der Waals surface area contributed by atoms with Crippen molar-refractivity contribution in [2.45, 2.75) is 20.3 Å². The molecule has 20 heavy (non-hydrogen) atoms. The Kier molecular flexibility index (Phi) is 5.82. The van der Waals surface area contributed by atoms with E-state index >= 15 is 0 Å². The van der Waals surface area contributed by atoms with Gasteiger partial charge in [0, 0.05) is 18.6 Å². The fourth-order valence-electron chi connectivity index (χ4n) is 1.63. The zero-order valence-corrected chi connectivity index (χ0v) is 12.5. The second-order valence-electron chi connectivity index (χ2n) is 5.47. The van der Waals surface area contributed by atoms with E-state index in [0.717, 1.165) is 5.56 Å². The lowest BCUT2D eigenvalue weighted by Crippen LogP contribution is -2.36. The van der Waals surface area contributed by atoms with Gasteiger partial charge in [-0.05, 0) is 17.7 Å². The third-order valence-electron chi connectivity index (χ3n) is 3.00. The molecule has 0 spiro atoms. The maximum absolute atomic E-state index is 11.9. The number of benzene rings is 1. The quantitative estimate of drug-likeness (QED) is 0.792. The van der Waals surface area contributed by atoms with E-state index < -0.39 is 0 Å². The highest BCUT2D eigenvalue weighted by Crippen LogP contribution is 2.27. The van der Waals surface area contributed by atoms with E-state index in [1.54, 1.807) is 26.4 Å². The summed E-state index contributed by atoms with van der Waals surface area (Å²) in [6, 6.07) is 5.40. The molecule has 0 heterocycles. The average Bonchev–Trinajstić information content (AvgIpc) is 2.45. The van der Waals surface area contributed by atoms with Crippen LogP contribution in [0, 0.1) is 5.41 Å². The number of ether oxygens (including phenoxy) is 2. The molecule has 112 valence electrons. The van der Waals surface area contributed by atoms with Crippen LogP contribution in [-0.2, 0) is 11.2 Å². The van der Waals surface area contributed by atoms with Crippen LogP contribution in [0.5, 0.6) is 11.5 Å². The van der Waals surface area contributed by atoms with Crippen molar-refractivity contribution in [1.29, 1.82) is 0 Å².